The fourth-order valence-electron chi connectivity index (χ4n) is 1.98. The van der Waals surface area contributed by atoms with Gasteiger partial charge < -0.3 is 0 Å². The number of carbonyl (C=O) groups is 2. The molecule has 1 aliphatic rings. The number of rotatable bonds is 3. The van der Waals surface area contributed by atoms with Crippen LogP contribution in [0.4, 0.5) is 13.2 Å². The molecule has 1 aliphatic heterocycles. The molecule has 1 heterocycles. The Morgan fingerprint density at radius 2 is 2.00 bits per heavy atom. The summed E-state index contributed by atoms with van der Waals surface area (Å²) in [5.74, 6) is -1.55. The van der Waals surface area contributed by atoms with Gasteiger partial charge in [0.1, 0.15) is 5.57 Å². The topological polar surface area (TPSA) is 49.4 Å². The molecule has 0 unspecified atom stereocenters. The van der Waals surface area contributed by atoms with Crippen LogP contribution in [-0.2, 0) is 15.8 Å². The molecule has 1 fully saturated rings. The molecular formula is C15H10ClF3N2O2S. The lowest BCUT2D eigenvalue weighted by Gasteiger charge is -2.27. The van der Waals surface area contributed by atoms with Crippen molar-refractivity contribution in [2.24, 2.45) is 0 Å². The summed E-state index contributed by atoms with van der Waals surface area (Å²) in [5, 5.41) is 2.17. The van der Waals surface area contributed by atoms with Gasteiger partial charge in [-0.1, -0.05) is 17.7 Å². The van der Waals surface area contributed by atoms with E-state index in [4.69, 9.17) is 23.8 Å². The first-order valence-electron chi connectivity index (χ1n) is 6.51. The molecule has 1 N–H and O–H groups in total. The largest absolute Gasteiger partial charge is 0.416 e. The molecule has 9 heteroatoms. The van der Waals surface area contributed by atoms with Crippen LogP contribution in [0.25, 0.3) is 6.08 Å². The summed E-state index contributed by atoms with van der Waals surface area (Å²) < 4.78 is 38.4. The number of hydrogen-bond donors (Lipinski definition) is 1. The van der Waals surface area contributed by atoms with Gasteiger partial charge in [0.25, 0.3) is 11.8 Å². The molecule has 1 saturated heterocycles. The normalized spacial score (nSPS) is 17.2. The highest BCUT2D eigenvalue weighted by Gasteiger charge is 2.34. The van der Waals surface area contributed by atoms with Crippen molar-refractivity contribution in [3.8, 4) is 0 Å². The van der Waals surface area contributed by atoms with Crippen LogP contribution >= 0.6 is 23.8 Å². The van der Waals surface area contributed by atoms with Gasteiger partial charge in [-0.25, -0.2) is 0 Å². The van der Waals surface area contributed by atoms with Gasteiger partial charge in [0.05, 0.1) is 5.56 Å². The lowest BCUT2D eigenvalue weighted by molar-refractivity contribution is -0.137. The van der Waals surface area contributed by atoms with Crippen LogP contribution in [0.3, 0.4) is 0 Å². The van der Waals surface area contributed by atoms with Crippen molar-refractivity contribution in [2.45, 2.75) is 6.18 Å². The first-order valence-corrected chi connectivity index (χ1v) is 7.30. The maximum atomic E-state index is 12.8. The predicted molar refractivity (Wildman–Crippen MR) is 87.1 cm³/mol. The predicted octanol–water partition coefficient (Wildman–Crippen LogP) is 3.17. The van der Waals surface area contributed by atoms with E-state index in [1.165, 1.54) is 6.08 Å². The monoisotopic (exact) mass is 374 g/mol. The molecular weight excluding hydrogens is 365 g/mol. The number of alkyl halides is 3. The average Bonchev–Trinajstić information content (AvgIpc) is 2.48. The summed E-state index contributed by atoms with van der Waals surface area (Å²) in [7, 11) is 0. The van der Waals surface area contributed by atoms with Gasteiger partial charge >= 0.3 is 6.18 Å². The minimum atomic E-state index is -4.58. The summed E-state index contributed by atoms with van der Waals surface area (Å²) >= 11 is 10.8. The van der Waals surface area contributed by atoms with Crippen molar-refractivity contribution in [2.75, 3.05) is 6.54 Å². The second-order valence-corrected chi connectivity index (χ2v) is 5.55. The number of thiocarbonyl (C=S) groups is 1. The fourth-order valence-corrected chi connectivity index (χ4v) is 2.40. The Bertz CT molecular complexity index is 774. The smallest absolute Gasteiger partial charge is 0.298 e. The minimum absolute atomic E-state index is 0.0282. The van der Waals surface area contributed by atoms with Crippen LogP contribution in [-0.4, -0.2) is 28.4 Å². The first-order chi connectivity index (χ1) is 11.1. The average molecular weight is 375 g/mol. The lowest BCUT2D eigenvalue weighted by Crippen LogP contribution is -2.53. The molecule has 0 radical (unpaired) electrons. The highest BCUT2D eigenvalue weighted by atomic mass is 35.5. The van der Waals surface area contributed by atoms with E-state index >= 15 is 0 Å². The van der Waals surface area contributed by atoms with Gasteiger partial charge in [-0.2, -0.15) is 13.2 Å². The van der Waals surface area contributed by atoms with E-state index < -0.39 is 23.6 Å². The van der Waals surface area contributed by atoms with Gasteiger partial charge in [0.2, 0.25) is 0 Å². The summed E-state index contributed by atoms with van der Waals surface area (Å²) in [5.41, 5.74) is -1.41. The van der Waals surface area contributed by atoms with E-state index in [1.807, 2.05) is 0 Å². The van der Waals surface area contributed by atoms with Crippen molar-refractivity contribution in [3.63, 3.8) is 0 Å². The summed E-state index contributed by atoms with van der Waals surface area (Å²) in [4.78, 5) is 25.4. The molecule has 126 valence electrons. The molecule has 0 aliphatic carbocycles. The molecule has 4 nitrogen and oxygen atoms in total. The van der Waals surface area contributed by atoms with Gasteiger partial charge in [-0.05, 0) is 42.1 Å². The molecule has 0 aromatic heterocycles. The number of hydrogen-bond acceptors (Lipinski definition) is 3. The van der Waals surface area contributed by atoms with Crippen LogP contribution in [0.2, 0.25) is 5.02 Å². The van der Waals surface area contributed by atoms with Gasteiger partial charge in [0, 0.05) is 11.6 Å². The highest BCUT2D eigenvalue weighted by Crippen LogP contribution is 2.32. The molecule has 24 heavy (non-hydrogen) atoms. The molecule has 0 atom stereocenters. The molecule has 1 aromatic carbocycles. The number of nitrogens with one attached hydrogen (secondary N) is 1. The van der Waals surface area contributed by atoms with E-state index in [0.29, 0.717) is 0 Å². The van der Waals surface area contributed by atoms with Crippen LogP contribution in [0.5, 0.6) is 0 Å². The van der Waals surface area contributed by atoms with Crippen LogP contribution in [0.1, 0.15) is 11.1 Å². The van der Waals surface area contributed by atoms with Crippen molar-refractivity contribution in [1.29, 1.82) is 0 Å². The summed E-state index contributed by atoms with van der Waals surface area (Å²) in [6.45, 7) is 3.52. The third-order valence-corrected chi connectivity index (χ3v) is 3.79. The van der Waals surface area contributed by atoms with Crippen molar-refractivity contribution >= 4 is 46.8 Å². The Kier molecular flexibility index (Phi) is 5.10. The number of benzene rings is 1. The molecule has 2 amide bonds. The van der Waals surface area contributed by atoms with Gasteiger partial charge in [-0.15, -0.1) is 6.58 Å². The molecule has 1 aromatic rings. The summed E-state index contributed by atoms with van der Waals surface area (Å²) in [6, 6.07) is 2.63. The van der Waals surface area contributed by atoms with E-state index in [9.17, 15) is 22.8 Å². The number of carbonyl (C=O) groups excluding carboxylic acids is 2. The van der Waals surface area contributed by atoms with E-state index in [-0.39, 0.29) is 27.8 Å². The Balaban J connectivity index is 2.49. The minimum Gasteiger partial charge on any atom is -0.298 e. The van der Waals surface area contributed by atoms with E-state index in [2.05, 4.69) is 11.9 Å². The first kappa shape index (κ1) is 18.2. The van der Waals surface area contributed by atoms with Crippen LogP contribution < -0.4 is 5.32 Å². The van der Waals surface area contributed by atoms with Gasteiger partial charge in [-0.3, -0.25) is 19.8 Å². The highest BCUT2D eigenvalue weighted by molar-refractivity contribution is 7.80. The molecule has 2 rings (SSSR count). The Morgan fingerprint density at radius 3 is 2.58 bits per heavy atom. The zero-order valence-electron chi connectivity index (χ0n) is 12.0. The van der Waals surface area contributed by atoms with Crippen molar-refractivity contribution in [1.82, 2.24) is 10.2 Å². The second-order valence-electron chi connectivity index (χ2n) is 4.76. The van der Waals surface area contributed by atoms with Crippen LogP contribution in [0, 0.1) is 0 Å². The number of nitrogens with zero attached hydrogens (tertiary/aromatic N) is 1. The molecule has 0 spiro atoms. The SMILES string of the molecule is C=CCN1C(=O)/C(=C/c2cc(C(F)(F)F)ccc2Cl)C(=O)NC1=S. The number of halogens is 4. The van der Waals surface area contributed by atoms with Crippen LogP contribution in [0.15, 0.2) is 36.4 Å². The third kappa shape index (κ3) is 3.65. The third-order valence-electron chi connectivity index (χ3n) is 3.12. The van der Waals surface area contributed by atoms with Crippen molar-refractivity contribution < 1.29 is 22.8 Å². The Morgan fingerprint density at radius 1 is 1.33 bits per heavy atom. The standard InChI is InChI=1S/C15H10ClF3N2O2S/c1-2-5-21-13(23)10(12(22)20-14(21)24)7-8-6-9(15(17,18)19)3-4-11(8)16/h2-4,6-7H,1,5H2,(H,20,22,24)/b10-7+. The Hall–Kier alpha value is -2.19. The Labute approximate surface area is 145 Å². The van der Waals surface area contributed by atoms with E-state index in [1.54, 1.807) is 0 Å². The number of amides is 2. The second kappa shape index (κ2) is 6.74. The van der Waals surface area contributed by atoms with Gasteiger partial charge in [0.15, 0.2) is 5.11 Å². The zero-order valence-corrected chi connectivity index (χ0v) is 13.6. The molecule has 0 saturated carbocycles. The molecule has 0 bridgehead atoms. The lowest BCUT2D eigenvalue weighted by atomic mass is 10.0. The van der Waals surface area contributed by atoms with E-state index in [0.717, 1.165) is 29.2 Å². The zero-order chi connectivity index (χ0) is 18.1. The van der Waals surface area contributed by atoms with Crippen molar-refractivity contribution in [3.05, 3.63) is 52.6 Å². The quantitative estimate of drug-likeness (QED) is 0.382. The maximum absolute atomic E-state index is 12.8. The fraction of sp³-hybridized carbons (Fsp3) is 0.133. The summed E-state index contributed by atoms with van der Waals surface area (Å²) in [6.07, 6.45) is -2.17. The maximum Gasteiger partial charge on any atom is 0.416 e.